The molecule has 2 aromatic rings. The Morgan fingerprint density at radius 1 is 1.33 bits per heavy atom. The summed E-state index contributed by atoms with van der Waals surface area (Å²) in [6.07, 6.45) is 0. The van der Waals surface area contributed by atoms with Crippen LogP contribution in [0.2, 0.25) is 5.02 Å². The highest BCUT2D eigenvalue weighted by Gasteiger charge is 2.11. The second-order valence-electron chi connectivity index (χ2n) is 3.36. The number of aromatic nitrogens is 3. The number of halogens is 2. The molecule has 0 atom stereocenters. The van der Waals surface area contributed by atoms with Crippen molar-refractivity contribution < 1.29 is 9.13 Å². The molecule has 2 N–H and O–H groups in total. The van der Waals surface area contributed by atoms with Gasteiger partial charge >= 0.3 is 6.01 Å². The summed E-state index contributed by atoms with van der Waals surface area (Å²) in [5.41, 5.74) is 6.01. The van der Waals surface area contributed by atoms with E-state index in [0.717, 1.165) is 0 Å². The predicted molar refractivity (Wildman–Crippen MR) is 65.8 cm³/mol. The third-order valence-electron chi connectivity index (χ3n) is 2.08. The number of ether oxygens (including phenoxy) is 1. The van der Waals surface area contributed by atoms with Gasteiger partial charge in [-0.05, 0) is 25.1 Å². The Hall–Kier alpha value is -1.95. The molecule has 5 nitrogen and oxygen atoms in total. The summed E-state index contributed by atoms with van der Waals surface area (Å²) < 4.78 is 18.1. The number of nitrogens with two attached hydrogens (primary N) is 1. The van der Waals surface area contributed by atoms with E-state index in [4.69, 9.17) is 22.1 Å². The monoisotopic (exact) mass is 268 g/mol. The van der Waals surface area contributed by atoms with Crippen molar-refractivity contribution in [3.05, 3.63) is 29.0 Å². The molecule has 1 heterocycles. The van der Waals surface area contributed by atoms with Crippen molar-refractivity contribution in [2.75, 3.05) is 12.3 Å². The fourth-order valence-corrected chi connectivity index (χ4v) is 1.61. The van der Waals surface area contributed by atoms with Gasteiger partial charge in [0.1, 0.15) is 5.82 Å². The first-order valence-corrected chi connectivity index (χ1v) is 5.57. The lowest BCUT2D eigenvalue weighted by Gasteiger charge is -2.06. The summed E-state index contributed by atoms with van der Waals surface area (Å²) in [5, 5.41) is 0.197. The van der Waals surface area contributed by atoms with Gasteiger partial charge in [0.25, 0.3) is 0 Å². The van der Waals surface area contributed by atoms with E-state index >= 15 is 0 Å². The van der Waals surface area contributed by atoms with Crippen LogP contribution >= 0.6 is 11.6 Å². The van der Waals surface area contributed by atoms with Crippen molar-refractivity contribution in [3.63, 3.8) is 0 Å². The zero-order valence-electron chi connectivity index (χ0n) is 9.52. The Balaban J connectivity index is 2.49. The predicted octanol–water partition coefficient (Wildman–Crippen LogP) is 2.31. The Bertz CT molecular complexity index is 579. The van der Waals surface area contributed by atoms with Gasteiger partial charge in [-0.15, -0.1) is 0 Å². The standard InChI is InChI=1S/C11H10ClFN4O/c1-2-18-11-16-9(15-10(14)17-11)7-4-3-6(13)5-8(7)12/h3-5H,2H2,1H3,(H2,14,15,16,17). The van der Waals surface area contributed by atoms with E-state index in [0.29, 0.717) is 12.2 Å². The van der Waals surface area contributed by atoms with Gasteiger partial charge in [0.05, 0.1) is 11.6 Å². The van der Waals surface area contributed by atoms with Crippen LogP contribution in [-0.4, -0.2) is 21.6 Å². The van der Waals surface area contributed by atoms with Gasteiger partial charge in [-0.3, -0.25) is 0 Å². The van der Waals surface area contributed by atoms with Gasteiger partial charge in [0.2, 0.25) is 5.95 Å². The molecule has 0 aliphatic heterocycles. The summed E-state index contributed by atoms with van der Waals surface area (Å²) in [6.45, 7) is 2.20. The maximum Gasteiger partial charge on any atom is 0.321 e. The number of benzene rings is 1. The zero-order valence-corrected chi connectivity index (χ0v) is 10.3. The van der Waals surface area contributed by atoms with E-state index in [1.807, 2.05) is 0 Å². The molecule has 0 aliphatic carbocycles. The van der Waals surface area contributed by atoms with Crippen molar-refractivity contribution in [1.29, 1.82) is 0 Å². The molecular weight excluding hydrogens is 259 g/mol. The topological polar surface area (TPSA) is 73.9 Å². The summed E-state index contributed by atoms with van der Waals surface area (Å²) in [4.78, 5) is 11.8. The minimum Gasteiger partial charge on any atom is -0.464 e. The molecular formula is C11H10ClFN4O. The van der Waals surface area contributed by atoms with Crippen molar-refractivity contribution in [2.24, 2.45) is 0 Å². The molecule has 0 radical (unpaired) electrons. The van der Waals surface area contributed by atoms with Crippen LogP contribution in [0.4, 0.5) is 10.3 Å². The molecule has 7 heteroatoms. The maximum atomic E-state index is 13.0. The zero-order chi connectivity index (χ0) is 13.1. The highest BCUT2D eigenvalue weighted by atomic mass is 35.5. The Morgan fingerprint density at radius 3 is 2.78 bits per heavy atom. The molecule has 0 fully saturated rings. The summed E-state index contributed by atoms with van der Waals surface area (Å²) in [5.74, 6) is -0.171. The Kier molecular flexibility index (Phi) is 3.57. The summed E-state index contributed by atoms with van der Waals surface area (Å²) in [7, 11) is 0. The Morgan fingerprint density at radius 2 is 2.11 bits per heavy atom. The molecule has 0 unspecified atom stereocenters. The lowest BCUT2D eigenvalue weighted by molar-refractivity contribution is 0.312. The Labute approximate surface area is 108 Å². The van der Waals surface area contributed by atoms with Gasteiger partial charge in [0, 0.05) is 5.56 Å². The SMILES string of the molecule is CCOc1nc(N)nc(-c2ccc(F)cc2Cl)n1. The van der Waals surface area contributed by atoms with E-state index in [1.54, 1.807) is 6.92 Å². The number of anilines is 1. The van der Waals surface area contributed by atoms with Gasteiger partial charge < -0.3 is 10.5 Å². The van der Waals surface area contributed by atoms with Crippen molar-refractivity contribution in [2.45, 2.75) is 6.92 Å². The first kappa shape index (κ1) is 12.5. The first-order chi connectivity index (χ1) is 8.60. The second kappa shape index (κ2) is 5.14. The lowest BCUT2D eigenvalue weighted by Crippen LogP contribution is -2.05. The average molecular weight is 269 g/mol. The number of hydrogen-bond donors (Lipinski definition) is 1. The number of hydrogen-bond acceptors (Lipinski definition) is 5. The molecule has 0 aliphatic rings. The fourth-order valence-electron chi connectivity index (χ4n) is 1.36. The average Bonchev–Trinajstić information content (AvgIpc) is 2.28. The third-order valence-corrected chi connectivity index (χ3v) is 2.39. The van der Waals surface area contributed by atoms with Gasteiger partial charge in [-0.25, -0.2) is 4.39 Å². The molecule has 2 rings (SSSR count). The minimum absolute atomic E-state index is 0.0174. The fraction of sp³-hybridized carbons (Fsp3) is 0.182. The van der Waals surface area contributed by atoms with Crippen molar-refractivity contribution in [3.8, 4) is 17.4 Å². The van der Waals surface area contributed by atoms with Crippen LogP contribution in [0.1, 0.15) is 6.92 Å². The molecule has 18 heavy (non-hydrogen) atoms. The lowest BCUT2D eigenvalue weighted by atomic mass is 10.2. The number of nitrogen functional groups attached to an aromatic ring is 1. The normalized spacial score (nSPS) is 10.4. The minimum atomic E-state index is -0.434. The quantitative estimate of drug-likeness (QED) is 0.925. The molecule has 1 aromatic heterocycles. The summed E-state index contributed by atoms with van der Waals surface area (Å²) in [6, 6.07) is 4.03. The van der Waals surface area contributed by atoms with E-state index < -0.39 is 5.82 Å². The second-order valence-corrected chi connectivity index (χ2v) is 3.76. The molecule has 1 aromatic carbocycles. The van der Waals surface area contributed by atoms with E-state index in [9.17, 15) is 4.39 Å². The van der Waals surface area contributed by atoms with Crippen molar-refractivity contribution >= 4 is 17.5 Å². The first-order valence-electron chi connectivity index (χ1n) is 5.20. The smallest absolute Gasteiger partial charge is 0.321 e. The van der Waals surface area contributed by atoms with Crippen molar-refractivity contribution in [1.82, 2.24) is 15.0 Å². The molecule has 0 saturated carbocycles. The largest absolute Gasteiger partial charge is 0.464 e. The number of rotatable bonds is 3. The van der Waals surface area contributed by atoms with Crippen LogP contribution < -0.4 is 10.5 Å². The molecule has 0 bridgehead atoms. The van der Waals surface area contributed by atoms with Crippen LogP contribution in [0.15, 0.2) is 18.2 Å². The molecule has 0 spiro atoms. The highest BCUT2D eigenvalue weighted by molar-refractivity contribution is 6.33. The molecule has 94 valence electrons. The summed E-state index contributed by atoms with van der Waals surface area (Å²) >= 11 is 5.92. The third kappa shape index (κ3) is 2.65. The van der Waals surface area contributed by atoms with Gasteiger partial charge in [-0.1, -0.05) is 11.6 Å². The van der Waals surface area contributed by atoms with Crippen LogP contribution in [-0.2, 0) is 0 Å². The van der Waals surface area contributed by atoms with Gasteiger partial charge in [0.15, 0.2) is 5.82 Å². The number of nitrogens with zero attached hydrogens (tertiary/aromatic N) is 3. The van der Waals surface area contributed by atoms with E-state index in [-0.39, 0.29) is 22.8 Å². The van der Waals surface area contributed by atoms with E-state index in [2.05, 4.69) is 15.0 Å². The molecule has 0 amide bonds. The molecule has 0 saturated heterocycles. The van der Waals surface area contributed by atoms with Crippen LogP contribution in [0.5, 0.6) is 6.01 Å². The van der Waals surface area contributed by atoms with E-state index in [1.165, 1.54) is 18.2 Å². The van der Waals surface area contributed by atoms with Crippen LogP contribution in [0.3, 0.4) is 0 Å². The van der Waals surface area contributed by atoms with Crippen LogP contribution in [0.25, 0.3) is 11.4 Å². The highest BCUT2D eigenvalue weighted by Crippen LogP contribution is 2.26. The van der Waals surface area contributed by atoms with Gasteiger partial charge in [-0.2, -0.15) is 15.0 Å². The maximum absolute atomic E-state index is 13.0. The van der Waals surface area contributed by atoms with Crippen LogP contribution in [0, 0.1) is 5.82 Å².